The van der Waals surface area contributed by atoms with E-state index in [4.69, 9.17) is 0 Å². The first-order valence-electron chi connectivity index (χ1n) is 14.8. The van der Waals surface area contributed by atoms with Crippen LogP contribution in [0.15, 0.2) is 76.7 Å². The smallest absolute Gasteiger partial charge is 0.345 e. The van der Waals surface area contributed by atoms with Crippen molar-refractivity contribution in [1.29, 1.82) is 0 Å². The molecular formula is C32H37N7O5S. The van der Waals surface area contributed by atoms with E-state index < -0.39 is 27.6 Å². The van der Waals surface area contributed by atoms with E-state index >= 15 is 0 Å². The average Bonchev–Trinajstić information content (AvgIpc) is 3.50. The molecule has 2 heterocycles. The normalized spacial score (nSPS) is 16.4. The number of nitrogens with zero attached hydrogens (tertiary/aromatic N) is 2. The number of aryl methyl sites for hydroxylation is 2. The second-order valence-corrected chi connectivity index (χ2v) is 12.7. The summed E-state index contributed by atoms with van der Waals surface area (Å²) in [7, 11) is -4.45. The van der Waals surface area contributed by atoms with Gasteiger partial charge in [0.1, 0.15) is 0 Å². The molecule has 0 radical (unpaired) electrons. The van der Waals surface area contributed by atoms with Gasteiger partial charge >= 0.3 is 5.97 Å². The molecule has 6 N–H and O–H groups in total. The summed E-state index contributed by atoms with van der Waals surface area (Å²) in [5.74, 6) is -2.28. The van der Waals surface area contributed by atoms with Crippen molar-refractivity contribution in [2.75, 3.05) is 13.1 Å². The van der Waals surface area contributed by atoms with E-state index in [0.717, 1.165) is 24.1 Å². The number of carbonyl (C=O) groups excluding carboxylic acids is 1. The number of carboxylic acids is 1. The number of hydrogen-bond acceptors (Lipinski definition) is 8. The summed E-state index contributed by atoms with van der Waals surface area (Å²) in [5, 5.41) is 26.8. The van der Waals surface area contributed by atoms with Gasteiger partial charge in [-0.25, -0.2) is 13.2 Å². The van der Waals surface area contributed by atoms with Crippen LogP contribution in [-0.4, -0.2) is 66.9 Å². The van der Waals surface area contributed by atoms with Gasteiger partial charge in [-0.2, -0.15) is 9.82 Å². The number of rotatable bonds is 13. The zero-order valence-electron chi connectivity index (χ0n) is 25.1. The topological polar surface area (TPSA) is 178 Å². The van der Waals surface area contributed by atoms with Crippen molar-refractivity contribution in [1.82, 2.24) is 30.9 Å². The first kappa shape index (κ1) is 32.0. The molecule has 0 saturated carbocycles. The second-order valence-electron chi connectivity index (χ2n) is 11.1. The highest BCUT2D eigenvalue weighted by Crippen LogP contribution is 2.29. The molecule has 0 fully saturated rings. The van der Waals surface area contributed by atoms with Crippen LogP contribution in [0.5, 0.6) is 0 Å². The lowest BCUT2D eigenvalue weighted by atomic mass is 10.0. The highest BCUT2D eigenvalue weighted by atomic mass is 32.2. The van der Waals surface area contributed by atoms with Gasteiger partial charge in [-0.3, -0.25) is 25.5 Å². The SMILES string of the molecule is Cc1cc(-c2ccccc2)cc(C)c1S(=O)(=O)NC(CCCCNC1N=CCCN1)(NC(=O)c1cccc2[nH]ncc12)C(=O)O. The van der Waals surface area contributed by atoms with Crippen LogP contribution in [0.1, 0.15) is 47.2 Å². The van der Waals surface area contributed by atoms with Crippen molar-refractivity contribution < 1.29 is 23.1 Å². The molecule has 13 heteroatoms. The number of carbonyl (C=O) groups is 2. The molecule has 2 atom stereocenters. The van der Waals surface area contributed by atoms with Crippen molar-refractivity contribution >= 4 is 39.0 Å². The summed E-state index contributed by atoms with van der Waals surface area (Å²) in [6.45, 7) is 4.63. The largest absolute Gasteiger partial charge is 0.478 e. The number of hydrogen-bond donors (Lipinski definition) is 6. The number of aromatic amines is 1. The minimum absolute atomic E-state index is 0.0399. The van der Waals surface area contributed by atoms with Crippen molar-refractivity contribution in [2.24, 2.45) is 4.99 Å². The summed E-state index contributed by atoms with van der Waals surface area (Å²) >= 11 is 0. The zero-order chi connectivity index (χ0) is 32.0. The van der Waals surface area contributed by atoms with Crippen LogP contribution in [0, 0.1) is 13.8 Å². The third-order valence-electron chi connectivity index (χ3n) is 7.75. The lowest BCUT2D eigenvalue weighted by Gasteiger charge is -2.32. The van der Waals surface area contributed by atoms with Crippen molar-refractivity contribution in [3.63, 3.8) is 0 Å². The Morgan fingerprint density at radius 2 is 1.78 bits per heavy atom. The Labute approximate surface area is 261 Å². The number of carboxylic acid groups (broad SMARTS) is 1. The van der Waals surface area contributed by atoms with Crippen LogP contribution in [0.4, 0.5) is 0 Å². The third kappa shape index (κ3) is 7.28. The number of aliphatic carboxylic acids is 1. The van der Waals surface area contributed by atoms with Gasteiger partial charge in [0, 0.05) is 18.1 Å². The molecule has 0 saturated heterocycles. The maximum atomic E-state index is 14.0. The summed E-state index contributed by atoms with van der Waals surface area (Å²) in [4.78, 5) is 31.0. The maximum absolute atomic E-state index is 14.0. The Kier molecular flexibility index (Phi) is 9.73. The number of nitrogens with one attached hydrogen (secondary N) is 5. The van der Waals surface area contributed by atoms with Gasteiger partial charge in [0.2, 0.25) is 15.7 Å². The molecule has 236 valence electrons. The number of aliphatic imine (C=N–C) groups is 1. The molecule has 1 aromatic heterocycles. The van der Waals surface area contributed by atoms with E-state index in [2.05, 4.69) is 35.9 Å². The minimum Gasteiger partial charge on any atom is -0.478 e. The fourth-order valence-electron chi connectivity index (χ4n) is 5.62. The Morgan fingerprint density at radius 1 is 1.02 bits per heavy atom. The van der Waals surface area contributed by atoms with E-state index in [-0.39, 0.29) is 29.6 Å². The Hall–Kier alpha value is -4.43. The average molecular weight is 632 g/mol. The number of fused-ring (bicyclic) bond motifs is 1. The van der Waals surface area contributed by atoms with Crippen LogP contribution in [0.25, 0.3) is 22.0 Å². The molecule has 1 amide bonds. The molecule has 3 aromatic carbocycles. The number of unbranched alkanes of at least 4 members (excludes halogenated alkanes) is 1. The lowest BCUT2D eigenvalue weighted by molar-refractivity contribution is -0.145. The van der Waals surface area contributed by atoms with Crippen molar-refractivity contribution in [2.45, 2.75) is 56.4 Å². The Bertz CT molecular complexity index is 1800. The number of amides is 1. The first-order valence-corrected chi connectivity index (χ1v) is 16.2. The molecule has 0 spiro atoms. The monoisotopic (exact) mass is 631 g/mol. The van der Waals surface area contributed by atoms with Crippen LogP contribution in [-0.2, 0) is 14.8 Å². The molecular weight excluding hydrogens is 594 g/mol. The van der Waals surface area contributed by atoms with Crippen LogP contribution < -0.4 is 20.7 Å². The number of benzene rings is 3. The molecule has 12 nitrogen and oxygen atoms in total. The molecule has 45 heavy (non-hydrogen) atoms. The summed E-state index contributed by atoms with van der Waals surface area (Å²) in [6, 6.07) is 18.0. The molecule has 0 aliphatic carbocycles. The molecule has 0 bridgehead atoms. The van der Waals surface area contributed by atoms with E-state index in [1.54, 1.807) is 38.1 Å². The molecule has 5 rings (SSSR count). The number of H-pyrrole nitrogens is 1. The number of sulfonamides is 1. The van der Waals surface area contributed by atoms with Gasteiger partial charge in [0.25, 0.3) is 5.91 Å². The summed E-state index contributed by atoms with van der Waals surface area (Å²) in [5.41, 5.74) is 1.04. The standard InChI is InChI=1S/C32H37N7O5S/c1-21-18-24(23-10-4-3-5-11-23)19-22(2)28(21)45(43,44)39-32(30(41)42,14-6-7-15-33-31-34-16-9-17-35-31)37-29(40)25-12-8-13-27-26(25)20-36-38-27/h3-5,8,10-13,16,18-20,31,33,35,39H,6-7,9,14-15,17H2,1-2H3,(H,36,38)(H,37,40)(H,41,42). The fraction of sp³-hybridized carbons (Fsp3) is 0.312. The van der Waals surface area contributed by atoms with Crippen LogP contribution >= 0.6 is 0 Å². The molecule has 1 aliphatic rings. The molecule has 2 unspecified atom stereocenters. The summed E-state index contributed by atoms with van der Waals surface area (Å²) in [6.07, 6.45) is 4.48. The number of aromatic nitrogens is 2. The quantitative estimate of drug-likeness (QED) is 0.0960. The van der Waals surface area contributed by atoms with Gasteiger partial charge in [-0.05, 0) is 80.5 Å². The minimum atomic E-state index is -4.45. The first-order chi connectivity index (χ1) is 21.6. The van der Waals surface area contributed by atoms with Crippen LogP contribution in [0.2, 0.25) is 0 Å². The van der Waals surface area contributed by atoms with Gasteiger partial charge in [0.15, 0.2) is 6.29 Å². The van der Waals surface area contributed by atoms with Gasteiger partial charge in [-0.15, -0.1) is 0 Å². The maximum Gasteiger partial charge on any atom is 0.345 e. The van der Waals surface area contributed by atoms with Crippen molar-refractivity contribution in [3.05, 3.63) is 83.6 Å². The predicted molar refractivity (Wildman–Crippen MR) is 172 cm³/mol. The molecule has 4 aromatic rings. The van der Waals surface area contributed by atoms with E-state index in [9.17, 15) is 23.1 Å². The summed E-state index contributed by atoms with van der Waals surface area (Å²) < 4.78 is 30.5. The van der Waals surface area contributed by atoms with Gasteiger partial charge in [0.05, 0.1) is 22.2 Å². The van der Waals surface area contributed by atoms with Crippen molar-refractivity contribution in [3.8, 4) is 11.1 Å². The van der Waals surface area contributed by atoms with Gasteiger partial charge in [-0.1, -0.05) is 48.5 Å². The fourth-order valence-corrected chi connectivity index (χ4v) is 7.39. The Balaban J connectivity index is 1.44. The highest BCUT2D eigenvalue weighted by Gasteiger charge is 2.44. The second kappa shape index (κ2) is 13.7. The van der Waals surface area contributed by atoms with E-state index in [1.165, 1.54) is 12.3 Å². The zero-order valence-corrected chi connectivity index (χ0v) is 25.9. The Morgan fingerprint density at radius 3 is 2.47 bits per heavy atom. The highest BCUT2D eigenvalue weighted by molar-refractivity contribution is 7.89. The van der Waals surface area contributed by atoms with Crippen LogP contribution in [0.3, 0.4) is 0 Å². The van der Waals surface area contributed by atoms with E-state index in [0.29, 0.717) is 35.0 Å². The third-order valence-corrected chi connectivity index (χ3v) is 9.55. The van der Waals surface area contributed by atoms with Gasteiger partial charge < -0.3 is 10.4 Å². The van der Waals surface area contributed by atoms with E-state index in [1.807, 2.05) is 36.5 Å². The lowest BCUT2D eigenvalue weighted by Crippen LogP contribution is -2.65. The molecule has 1 aliphatic heterocycles. The predicted octanol–water partition coefficient (Wildman–Crippen LogP) is 3.44.